The molecule has 0 saturated carbocycles. The van der Waals surface area contributed by atoms with Gasteiger partial charge in [0.05, 0.1) is 42.8 Å². The fourth-order valence-electron chi connectivity index (χ4n) is 5.55. The summed E-state index contributed by atoms with van der Waals surface area (Å²) in [5, 5.41) is 8.82. The lowest BCUT2D eigenvalue weighted by molar-refractivity contribution is -0.124. The average molecular weight is 859 g/mol. The minimum absolute atomic E-state index is 0.158. The molecule has 0 aliphatic heterocycles. The molecule has 312 valence electrons. The molecule has 0 atom stereocenters. The van der Waals surface area contributed by atoms with Crippen molar-refractivity contribution >= 4 is 75.3 Å². The lowest BCUT2D eigenvalue weighted by Crippen LogP contribution is -2.17. The highest BCUT2D eigenvalue weighted by Crippen LogP contribution is 2.26. The first-order chi connectivity index (χ1) is 29.3. The summed E-state index contributed by atoms with van der Waals surface area (Å²) in [5.41, 5.74) is 6.42. The van der Waals surface area contributed by atoms with E-state index in [1.807, 2.05) is 42.5 Å². The van der Waals surface area contributed by atoms with Crippen LogP contribution in [0.3, 0.4) is 0 Å². The van der Waals surface area contributed by atoms with Crippen molar-refractivity contribution in [2.24, 2.45) is 0 Å². The second-order valence-corrected chi connectivity index (χ2v) is 14.5. The molecular weight excluding hydrogens is 813 g/mol. The number of benzene rings is 6. The van der Waals surface area contributed by atoms with Crippen molar-refractivity contribution in [3.63, 3.8) is 0 Å². The number of anilines is 3. The predicted molar refractivity (Wildman–Crippen MR) is 242 cm³/mol. The third-order valence-corrected chi connectivity index (χ3v) is 9.16. The molecule has 0 aliphatic carbocycles. The first-order valence-corrected chi connectivity index (χ1v) is 19.8. The quantitative estimate of drug-likeness (QED) is 0.0730. The van der Waals surface area contributed by atoms with Crippen molar-refractivity contribution < 1.29 is 33.5 Å². The number of para-hydroxylation sites is 2. The van der Waals surface area contributed by atoms with Crippen molar-refractivity contribution in [1.29, 1.82) is 0 Å². The van der Waals surface area contributed by atoms with E-state index in [1.165, 1.54) is 36.8 Å². The smallest absolute Gasteiger partial charge is 0.232 e. The van der Waals surface area contributed by atoms with E-state index in [0.717, 1.165) is 6.42 Å². The lowest BCUT2D eigenvalue weighted by atomic mass is 10.0. The van der Waals surface area contributed by atoms with E-state index < -0.39 is 5.91 Å². The third-order valence-electron chi connectivity index (χ3n) is 8.59. The zero-order chi connectivity index (χ0) is 44.1. The number of halogens is 2. The van der Waals surface area contributed by atoms with E-state index in [2.05, 4.69) is 47.1 Å². The number of hydrogen-bond donors (Lipinski definition) is 3. The Balaban J connectivity index is 0.000000210. The average Bonchev–Trinajstić information content (AvgIpc) is 3.24. The minimum atomic E-state index is -0.397. The van der Waals surface area contributed by atoms with E-state index in [9.17, 15) is 28.8 Å². The van der Waals surface area contributed by atoms with Gasteiger partial charge in [0, 0.05) is 21.8 Å². The normalized spacial score (nSPS) is 10.0. The number of ketones is 3. The number of aryl methyl sites for hydroxylation is 1. The van der Waals surface area contributed by atoms with E-state index in [0.29, 0.717) is 44.0 Å². The summed E-state index contributed by atoms with van der Waals surface area (Å²) >= 11 is 11.5. The van der Waals surface area contributed by atoms with Crippen LogP contribution < -0.4 is 20.7 Å². The van der Waals surface area contributed by atoms with Gasteiger partial charge in [-0.05, 0) is 73.9 Å². The first kappa shape index (κ1) is 46.8. The Kier molecular flexibility index (Phi) is 18.6. The first-order valence-electron chi connectivity index (χ1n) is 19.1. The van der Waals surface area contributed by atoms with Crippen molar-refractivity contribution in [3.05, 3.63) is 190 Å². The Bertz CT molecular complexity index is 2420. The van der Waals surface area contributed by atoms with Crippen LogP contribution in [-0.2, 0) is 25.6 Å². The van der Waals surface area contributed by atoms with E-state index in [4.69, 9.17) is 27.9 Å². The van der Waals surface area contributed by atoms with Gasteiger partial charge in [-0.25, -0.2) is 0 Å². The number of hydrogen-bond acceptors (Lipinski definition) is 7. The van der Waals surface area contributed by atoms with Gasteiger partial charge in [0.25, 0.3) is 0 Å². The Hall–Kier alpha value is -6.88. The molecule has 6 rings (SSSR count). The predicted octanol–water partition coefficient (Wildman–Crippen LogP) is 10.6. The van der Waals surface area contributed by atoms with Gasteiger partial charge in [0.15, 0.2) is 11.6 Å². The van der Waals surface area contributed by atoms with Crippen molar-refractivity contribution in [3.8, 4) is 5.75 Å². The van der Waals surface area contributed by atoms with Crippen LogP contribution in [0.25, 0.3) is 0 Å². The maximum atomic E-state index is 12.1. The summed E-state index contributed by atoms with van der Waals surface area (Å²) in [6.07, 6.45) is 0.334. The Morgan fingerprint density at radius 2 is 1.00 bits per heavy atom. The zero-order valence-corrected chi connectivity index (χ0v) is 35.4. The highest BCUT2D eigenvalue weighted by Gasteiger charge is 2.14. The van der Waals surface area contributed by atoms with Gasteiger partial charge in [-0.2, -0.15) is 0 Å². The molecule has 0 saturated heterocycles. The number of rotatable bonds is 14. The van der Waals surface area contributed by atoms with E-state index in [1.54, 1.807) is 78.9 Å². The summed E-state index contributed by atoms with van der Waals surface area (Å²) in [7, 11) is 1.53. The van der Waals surface area contributed by atoms with Crippen molar-refractivity contribution in [2.45, 2.75) is 39.5 Å². The highest BCUT2D eigenvalue weighted by molar-refractivity contribution is 6.35. The second-order valence-electron chi connectivity index (χ2n) is 13.6. The van der Waals surface area contributed by atoms with E-state index >= 15 is 0 Å². The van der Waals surface area contributed by atoms with Gasteiger partial charge >= 0.3 is 0 Å². The molecule has 0 aromatic heterocycles. The molecule has 3 amide bonds. The van der Waals surface area contributed by atoms with Crippen LogP contribution in [-0.4, -0.2) is 42.2 Å². The molecule has 10 nitrogen and oxygen atoms in total. The Labute approximate surface area is 365 Å². The standard InChI is InChI=1S/C23H21NO2.C16H15NO3.C10H9Cl2NO2/c1-17-7-9-18(10-8-17)15-19-11-13-21(14-12-19)24-23(26)16-22(25)20-5-3-2-4-6-20;1-20-15-10-6-5-9-13(15)17-16(19)11-14(18)12-7-3-2-4-8-12;1-6(14)4-10(15)13-9-5-7(11)2-3-8(9)12/h2-14H,15-16H2,1H3,(H,24,26);2-10H,11H2,1H3,(H,17,19);2-3,5H,4H2,1H3,(H,13,15). The number of amides is 3. The maximum Gasteiger partial charge on any atom is 0.232 e. The van der Waals surface area contributed by atoms with Gasteiger partial charge in [-0.15, -0.1) is 0 Å². The molecule has 0 radical (unpaired) electrons. The Morgan fingerprint density at radius 3 is 1.54 bits per heavy atom. The maximum absolute atomic E-state index is 12.1. The van der Waals surface area contributed by atoms with Crippen LogP contribution in [0.4, 0.5) is 17.1 Å². The lowest BCUT2D eigenvalue weighted by Gasteiger charge is -2.09. The van der Waals surface area contributed by atoms with Crippen LogP contribution in [0.1, 0.15) is 63.6 Å². The number of methoxy groups -OCH3 is 1. The molecule has 12 heteroatoms. The topological polar surface area (TPSA) is 148 Å². The molecular formula is C49H45Cl2N3O7. The number of Topliss-reactive ketones (excluding diaryl/α,β-unsaturated/α-hetero) is 3. The molecule has 0 heterocycles. The zero-order valence-electron chi connectivity index (χ0n) is 33.9. The van der Waals surface area contributed by atoms with Crippen molar-refractivity contribution in [1.82, 2.24) is 0 Å². The van der Waals surface area contributed by atoms with Crippen LogP contribution in [0, 0.1) is 6.92 Å². The number of ether oxygens (including phenoxy) is 1. The molecule has 0 aliphatic rings. The number of carbonyl (C=O) groups excluding carboxylic acids is 6. The van der Waals surface area contributed by atoms with Gasteiger partial charge in [-0.1, -0.05) is 138 Å². The van der Waals surface area contributed by atoms with E-state index in [-0.39, 0.29) is 48.4 Å². The molecule has 0 bridgehead atoms. The van der Waals surface area contributed by atoms with Crippen LogP contribution in [0.2, 0.25) is 10.0 Å². The van der Waals surface area contributed by atoms with Crippen molar-refractivity contribution in [2.75, 3.05) is 23.1 Å². The van der Waals surface area contributed by atoms with Gasteiger partial charge in [-0.3, -0.25) is 28.8 Å². The van der Waals surface area contributed by atoms with Gasteiger partial charge in [0.2, 0.25) is 17.7 Å². The SMILES string of the molecule is CC(=O)CC(=O)Nc1cc(Cl)ccc1Cl.COc1ccccc1NC(=O)CC(=O)c1ccccc1.Cc1ccc(Cc2ccc(NC(=O)CC(=O)c3ccccc3)cc2)cc1. The monoisotopic (exact) mass is 857 g/mol. The molecule has 0 unspecified atom stereocenters. The number of nitrogens with one attached hydrogen (secondary N) is 3. The molecule has 3 N–H and O–H groups in total. The summed E-state index contributed by atoms with van der Waals surface area (Å²) in [6.45, 7) is 3.42. The molecule has 0 fully saturated rings. The fraction of sp³-hybridized carbons (Fsp3) is 0.143. The summed E-state index contributed by atoms with van der Waals surface area (Å²) in [5.74, 6) is -1.09. The molecule has 0 spiro atoms. The largest absolute Gasteiger partial charge is 0.495 e. The van der Waals surface area contributed by atoms with Gasteiger partial charge < -0.3 is 20.7 Å². The highest BCUT2D eigenvalue weighted by atomic mass is 35.5. The minimum Gasteiger partial charge on any atom is -0.495 e. The summed E-state index contributed by atoms with van der Waals surface area (Å²) in [4.78, 5) is 69.9. The summed E-state index contributed by atoms with van der Waals surface area (Å²) in [6, 6.07) is 45.6. The fourth-order valence-corrected chi connectivity index (χ4v) is 5.89. The molecule has 61 heavy (non-hydrogen) atoms. The van der Waals surface area contributed by atoms with Crippen LogP contribution in [0.5, 0.6) is 5.75 Å². The summed E-state index contributed by atoms with van der Waals surface area (Å²) < 4.78 is 5.14. The second kappa shape index (κ2) is 24.3. The van der Waals surface area contributed by atoms with Crippen LogP contribution >= 0.6 is 23.2 Å². The molecule has 6 aromatic rings. The third kappa shape index (κ3) is 16.7. The van der Waals surface area contributed by atoms with Crippen LogP contribution in [0.15, 0.2) is 152 Å². The Morgan fingerprint density at radius 1 is 0.525 bits per heavy atom. The van der Waals surface area contributed by atoms with Gasteiger partial charge in [0.1, 0.15) is 11.5 Å². The molecule has 6 aromatic carbocycles. The number of carbonyl (C=O) groups is 6.